The number of carbonyl (C=O) groups is 1. The molecule has 0 spiro atoms. The highest BCUT2D eigenvalue weighted by Crippen LogP contribution is 2.21. The first-order chi connectivity index (χ1) is 11.2. The lowest BCUT2D eigenvalue weighted by molar-refractivity contribution is 0.262. The van der Waals surface area contributed by atoms with Crippen molar-refractivity contribution in [2.24, 2.45) is 5.14 Å². The van der Waals surface area contributed by atoms with Gasteiger partial charge < -0.3 is 5.32 Å². The van der Waals surface area contributed by atoms with E-state index in [2.05, 4.69) is 36.8 Å². The molecule has 12 heteroatoms. The fraction of sp³-hybridized carbons (Fsp3) is 0. The summed E-state index contributed by atoms with van der Waals surface area (Å²) in [7, 11) is -4.49. The third-order valence-electron chi connectivity index (χ3n) is 2.68. The number of urea groups is 1. The Morgan fingerprint density at radius 3 is 2.58 bits per heavy atom. The van der Waals surface area contributed by atoms with Crippen LogP contribution < -0.4 is 21.2 Å². The molecule has 0 saturated heterocycles. The summed E-state index contributed by atoms with van der Waals surface area (Å²) in [6.07, 6.45) is 0. The van der Waals surface area contributed by atoms with Gasteiger partial charge in [-0.2, -0.15) is 10.4 Å². The van der Waals surface area contributed by atoms with Gasteiger partial charge in [-0.15, -0.1) is 0 Å². The molecule has 0 aliphatic rings. The predicted molar refractivity (Wildman–Crippen MR) is 87.7 cm³/mol. The molecule has 2 aromatic rings. The fourth-order valence-electron chi connectivity index (χ4n) is 1.69. The lowest BCUT2D eigenvalue weighted by Crippen LogP contribution is -2.30. The SMILES string of the molecule is N#Cc1[nH]nc(NC(=O)Nc2ccccc2Br)c(=O)c1S(N)(=O)=O. The minimum absolute atomic E-state index is 0.409. The van der Waals surface area contributed by atoms with Gasteiger partial charge in [0.05, 0.1) is 5.69 Å². The van der Waals surface area contributed by atoms with E-state index in [0.717, 1.165) is 0 Å². The average Bonchev–Trinajstić information content (AvgIpc) is 2.50. The average molecular weight is 413 g/mol. The Labute approximate surface area is 143 Å². The first-order valence-electron chi connectivity index (χ1n) is 6.12. The number of H-pyrrole nitrogens is 1. The summed E-state index contributed by atoms with van der Waals surface area (Å²) in [4.78, 5) is 23.1. The van der Waals surface area contributed by atoms with Crippen LogP contribution in [0.2, 0.25) is 0 Å². The lowest BCUT2D eigenvalue weighted by atomic mass is 10.3. The number of aromatic amines is 1. The monoisotopic (exact) mass is 412 g/mol. The van der Waals surface area contributed by atoms with E-state index in [-0.39, 0.29) is 0 Å². The molecule has 24 heavy (non-hydrogen) atoms. The number of nitrogens with zero attached hydrogens (tertiary/aromatic N) is 2. The van der Waals surface area contributed by atoms with E-state index in [4.69, 9.17) is 10.4 Å². The van der Waals surface area contributed by atoms with E-state index in [9.17, 15) is 18.0 Å². The van der Waals surface area contributed by atoms with Gasteiger partial charge in [0.2, 0.25) is 21.3 Å². The number of primary sulfonamides is 1. The van der Waals surface area contributed by atoms with E-state index in [0.29, 0.717) is 10.2 Å². The van der Waals surface area contributed by atoms with Crippen molar-refractivity contribution >= 4 is 43.5 Å². The van der Waals surface area contributed by atoms with Crippen LogP contribution in [0.15, 0.2) is 38.4 Å². The van der Waals surface area contributed by atoms with Crippen LogP contribution in [0.5, 0.6) is 0 Å². The largest absolute Gasteiger partial charge is 0.325 e. The van der Waals surface area contributed by atoms with Gasteiger partial charge in [0.15, 0.2) is 10.6 Å². The highest BCUT2D eigenvalue weighted by atomic mass is 79.9. The van der Waals surface area contributed by atoms with E-state index in [1.54, 1.807) is 24.3 Å². The molecular formula is C12H9BrN6O4S. The summed E-state index contributed by atoms with van der Waals surface area (Å²) in [6, 6.07) is 7.30. The number of hydrogen-bond acceptors (Lipinski definition) is 6. The Morgan fingerprint density at radius 1 is 1.33 bits per heavy atom. The summed E-state index contributed by atoms with van der Waals surface area (Å²) in [6.45, 7) is 0. The van der Waals surface area contributed by atoms with Gasteiger partial charge in [0, 0.05) is 4.47 Å². The Balaban J connectivity index is 2.35. The molecule has 0 atom stereocenters. The fourth-order valence-corrected chi connectivity index (χ4v) is 2.80. The number of nitrogens with one attached hydrogen (secondary N) is 3. The van der Waals surface area contributed by atoms with Crippen LogP contribution in [0, 0.1) is 11.3 Å². The van der Waals surface area contributed by atoms with Crippen molar-refractivity contribution < 1.29 is 13.2 Å². The van der Waals surface area contributed by atoms with Gasteiger partial charge >= 0.3 is 6.03 Å². The molecule has 0 bridgehead atoms. The number of aromatic nitrogens is 2. The summed E-state index contributed by atoms with van der Waals surface area (Å²) >= 11 is 3.22. The van der Waals surface area contributed by atoms with Crippen LogP contribution in [0.25, 0.3) is 0 Å². The van der Waals surface area contributed by atoms with E-state index >= 15 is 0 Å². The Kier molecular flexibility index (Phi) is 4.98. The van der Waals surface area contributed by atoms with Gasteiger partial charge in [0.25, 0.3) is 0 Å². The number of para-hydroxylation sites is 1. The van der Waals surface area contributed by atoms with Gasteiger partial charge in [-0.05, 0) is 28.1 Å². The summed E-state index contributed by atoms with van der Waals surface area (Å²) < 4.78 is 23.5. The van der Waals surface area contributed by atoms with Gasteiger partial charge in [-0.3, -0.25) is 15.2 Å². The molecule has 1 heterocycles. The molecular weight excluding hydrogens is 404 g/mol. The van der Waals surface area contributed by atoms with Crippen LogP contribution in [0.4, 0.5) is 16.3 Å². The van der Waals surface area contributed by atoms with E-state index < -0.39 is 37.9 Å². The first-order valence-corrected chi connectivity index (χ1v) is 8.46. The number of sulfonamides is 1. The minimum Gasteiger partial charge on any atom is -0.307 e. The molecule has 124 valence electrons. The number of nitrogens with two attached hydrogens (primary N) is 1. The summed E-state index contributed by atoms with van der Waals surface area (Å²) in [5.41, 5.74) is -1.42. The van der Waals surface area contributed by atoms with Crippen LogP contribution in [-0.2, 0) is 10.0 Å². The van der Waals surface area contributed by atoms with Crippen molar-refractivity contribution in [2.75, 3.05) is 10.6 Å². The minimum atomic E-state index is -4.49. The summed E-state index contributed by atoms with van der Waals surface area (Å²) in [5.74, 6) is -0.623. The molecule has 2 rings (SSSR count). The van der Waals surface area contributed by atoms with Crippen LogP contribution in [0.3, 0.4) is 0 Å². The molecule has 10 nitrogen and oxygen atoms in total. The highest BCUT2D eigenvalue weighted by Gasteiger charge is 2.23. The van der Waals surface area contributed by atoms with Gasteiger partial charge in [-0.25, -0.2) is 18.4 Å². The maximum absolute atomic E-state index is 12.1. The zero-order chi connectivity index (χ0) is 17.9. The number of carbonyl (C=O) groups excluding carboxylic acids is 1. The van der Waals surface area contributed by atoms with Crippen LogP contribution in [0.1, 0.15) is 5.69 Å². The van der Waals surface area contributed by atoms with E-state index in [1.165, 1.54) is 6.07 Å². The molecule has 5 N–H and O–H groups in total. The maximum Gasteiger partial charge on any atom is 0.325 e. The number of hydrogen-bond donors (Lipinski definition) is 4. The number of anilines is 2. The third-order valence-corrected chi connectivity index (χ3v) is 4.33. The standard InChI is InChI=1S/C12H9BrN6O4S/c13-6-3-1-2-4-7(6)16-12(21)17-11-9(20)10(24(15,22)23)8(5-14)18-19-11/h1-4H,(H,18,20)(H2,15,22,23)(H2,16,17,19,21). The van der Waals surface area contributed by atoms with Crippen molar-refractivity contribution in [3.63, 3.8) is 0 Å². The maximum atomic E-state index is 12.1. The first kappa shape index (κ1) is 17.6. The number of benzene rings is 1. The van der Waals surface area contributed by atoms with Gasteiger partial charge in [-0.1, -0.05) is 12.1 Å². The van der Waals surface area contributed by atoms with Crippen molar-refractivity contribution in [3.8, 4) is 6.07 Å². The summed E-state index contributed by atoms with van der Waals surface area (Å²) in [5, 5.41) is 23.8. The number of rotatable bonds is 3. The molecule has 1 aromatic heterocycles. The second-order valence-electron chi connectivity index (χ2n) is 4.32. The molecule has 1 aromatic carbocycles. The number of nitriles is 1. The second-order valence-corrected chi connectivity index (χ2v) is 6.67. The molecule has 0 saturated carbocycles. The topological polar surface area (TPSA) is 171 Å². The number of amides is 2. The van der Waals surface area contributed by atoms with Gasteiger partial charge in [0.1, 0.15) is 6.07 Å². The van der Waals surface area contributed by atoms with E-state index in [1.807, 2.05) is 0 Å². The van der Waals surface area contributed by atoms with Crippen molar-refractivity contribution in [1.29, 1.82) is 5.26 Å². The lowest BCUT2D eigenvalue weighted by Gasteiger charge is -2.09. The molecule has 0 aliphatic carbocycles. The third kappa shape index (κ3) is 3.77. The Morgan fingerprint density at radius 2 is 2.00 bits per heavy atom. The molecule has 0 radical (unpaired) electrons. The molecule has 0 aliphatic heterocycles. The zero-order valence-corrected chi connectivity index (χ0v) is 14.1. The predicted octanol–water partition coefficient (Wildman–Crippen LogP) is 0.695. The normalized spacial score (nSPS) is 10.7. The highest BCUT2D eigenvalue weighted by molar-refractivity contribution is 9.10. The quantitative estimate of drug-likeness (QED) is 0.577. The molecule has 0 unspecified atom stereocenters. The van der Waals surface area contributed by atoms with Crippen molar-refractivity contribution in [2.45, 2.75) is 4.90 Å². The van der Waals surface area contributed by atoms with Crippen LogP contribution in [-0.4, -0.2) is 24.6 Å². The van der Waals surface area contributed by atoms with Crippen LogP contribution >= 0.6 is 15.9 Å². The van der Waals surface area contributed by atoms with Crippen molar-refractivity contribution in [3.05, 3.63) is 44.7 Å². The molecule has 2 amide bonds. The Bertz CT molecular complexity index is 1010. The smallest absolute Gasteiger partial charge is 0.307 e. The Hall–Kier alpha value is -2.75. The van der Waals surface area contributed by atoms with Crippen molar-refractivity contribution in [1.82, 2.24) is 10.2 Å². The molecule has 0 fully saturated rings. The second kappa shape index (κ2) is 6.79. The number of halogens is 1. The zero-order valence-electron chi connectivity index (χ0n) is 11.7.